The second kappa shape index (κ2) is 14.4. The van der Waals surface area contributed by atoms with Gasteiger partial charge >= 0.3 is 6.11 Å². The van der Waals surface area contributed by atoms with Gasteiger partial charge in [0.1, 0.15) is 29.0 Å². The minimum absolute atomic E-state index is 0.0772. The first-order valence-electron chi connectivity index (χ1n) is 14.9. The first-order chi connectivity index (χ1) is 22.8. The lowest BCUT2D eigenvalue weighted by Gasteiger charge is -2.15. The number of benzene rings is 5. The molecule has 0 saturated heterocycles. The smallest absolute Gasteiger partial charge is 0.419 e. The summed E-state index contributed by atoms with van der Waals surface area (Å²) in [5, 5.41) is 0. The zero-order valence-electron chi connectivity index (χ0n) is 25.4. The molecule has 0 amide bonds. The first kappa shape index (κ1) is 34.3. The lowest BCUT2D eigenvalue weighted by molar-refractivity contribution is -0.131. The van der Waals surface area contributed by atoms with Crippen LogP contribution < -0.4 is 4.74 Å². The molecule has 0 atom stereocenters. The van der Waals surface area contributed by atoms with Gasteiger partial charge < -0.3 is 4.74 Å². The van der Waals surface area contributed by atoms with Crippen LogP contribution in [0.1, 0.15) is 37.3 Å². The van der Waals surface area contributed by atoms with E-state index in [1.54, 1.807) is 6.07 Å². The number of hydrogen-bond donors (Lipinski definition) is 0. The second-order valence-electron chi connectivity index (χ2n) is 11.1. The molecule has 10 heteroatoms. The Morgan fingerprint density at radius 1 is 0.562 bits per heavy atom. The molecule has 0 unspecified atom stereocenters. The van der Waals surface area contributed by atoms with Gasteiger partial charge in [0.15, 0.2) is 17.5 Å². The number of ether oxygens (including phenoxy) is 1. The van der Waals surface area contributed by atoms with Gasteiger partial charge in [-0.1, -0.05) is 68.3 Å². The van der Waals surface area contributed by atoms with E-state index in [2.05, 4.69) is 11.7 Å². The van der Waals surface area contributed by atoms with Crippen molar-refractivity contribution in [3.05, 3.63) is 143 Å². The van der Waals surface area contributed by atoms with E-state index in [9.17, 15) is 30.7 Å². The number of hydrogen-bond acceptors (Lipinski definition) is 1. The van der Waals surface area contributed by atoms with E-state index in [0.29, 0.717) is 11.6 Å². The monoisotopic (exact) mass is 670 g/mol. The summed E-state index contributed by atoms with van der Waals surface area (Å²) in [6, 6.07) is 17.8. The molecule has 1 nitrogen and oxygen atoms in total. The van der Waals surface area contributed by atoms with Crippen molar-refractivity contribution in [1.29, 1.82) is 0 Å². The molecule has 0 heterocycles. The number of alkyl halides is 2. The summed E-state index contributed by atoms with van der Waals surface area (Å²) < 4.78 is 132. The summed E-state index contributed by atoms with van der Waals surface area (Å²) in [6.07, 6.45) is 0.266. The topological polar surface area (TPSA) is 9.23 Å². The van der Waals surface area contributed by atoms with E-state index < -0.39 is 58.1 Å². The van der Waals surface area contributed by atoms with Gasteiger partial charge in [-0.2, -0.15) is 8.78 Å². The van der Waals surface area contributed by atoms with Crippen LogP contribution >= 0.6 is 0 Å². The normalized spacial score (nSPS) is 11.8. The van der Waals surface area contributed by atoms with E-state index in [-0.39, 0.29) is 40.5 Å². The van der Waals surface area contributed by atoms with Crippen LogP contribution in [-0.4, -0.2) is 6.11 Å². The van der Waals surface area contributed by atoms with Crippen LogP contribution in [0.3, 0.4) is 0 Å². The summed E-state index contributed by atoms with van der Waals surface area (Å²) in [5.74, 6) is -10.7. The van der Waals surface area contributed by atoms with Gasteiger partial charge in [0.25, 0.3) is 0 Å². The fourth-order valence-electron chi connectivity index (χ4n) is 5.15. The largest absolute Gasteiger partial charge is 0.429 e. The van der Waals surface area contributed by atoms with Crippen LogP contribution in [0.2, 0.25) is 0 Å². The fourth-order valence-corrected chi connectivity index (χ4v) is 5.15. The first-order valence-corrected chi connectivity index (χ1v) is 14.9. The zero-order chi connectivity index (χ0) is 34.6. The van der Waals surface area contributed by atoms with Gasteiger partial charge in [0.05, 0.1) is 0 Å². The lowest BCUT2D eigenvalue weighted by Crippen LogP contribution is -2.21. The summed E-state index contributed by atoms with van der Waals surface area (Å²) in [5.41, 5.74) is 1.48. The van der Waals surface area contributed by atoms with Crippen molar-refractivity contribution in [3.63, 3.8) is 0 Å². The van der Waals surface area contributed by atoms with E-state index in [0.717, 1.165) is 49.4 Å². The summed E-state index contributed by atoms with van der Waals surface area (Å²) in [7, 11) is 0. The Hall–Kier alpha value is -4.99. The van der Waals surface area contributed by atoms with Crippen molar-refractivity contribution < 1.29 is 44.3 Å². The number of rotatable bonds is 11. The van der Waals surface area contributed by atoms with Crippen molar-refractivity contribution in [2.45, 2.75) is 38.7 Å². The average molecular weight is 671 g/mol. The Labute approximate surface area is 270 Å². The van der Waals surface area contributed by atoms with Crippen LogP contribution in [0.5, 0.6) is 5.75 Å². The Bertz CT molecular complexity index is 1920. The Morgan fingerprint density at radius 2 is 1.08 bits per heavy atom. The average Bonchev–Trinajstić information content (AvgIpc) is 3.03. The maximum atomic E-state index is 15.2. The third-order valence-corrected chi connectivity index (χ3v) is 7.65. The number of halogens is 9. The molecule has 0 aromatic heterocycles. The highest BCUT2D eigenvalue weighted by atomic mass is 19.3. The highest BCUT2D eigenvalue weighted by Gasteiger charge is 2.29. The molecular formula is C38H27F9O. The number of aryl methyl sites for hydroxylation is 1. The predicted molar refractivity (Wildman–Crippen MR) is 167 cm³/mol. The van der Waals surface area contributed by atoms with Crippen LogP contribution in [0.4, 0.5) is 39.5 Å². The molecule has 248 valence electrons. The van der Waals surface area contributed by atoms with Gasteiger partial charge in [0.2, 0.25) is 0 Å². The third kappa shape index (κ3) is 7.93. The molecule has 48 heavy (non-hydrogen) atoms. The summed E-state index contributed by atoms with van der Waals surface area (Å²) in [4.78, 5) is 0. The highest BCUT2D eigenvalue weighted by Crippen LogP contribution is 2.34. The molecule has 5 aromatic rings. The van der Waals surface area contributed by atoms with Gasteiger partial charge in [0, 0.05) is 34.9 Å². The molecule has 0 radical (unpaired) electrons. The SMILES string of the molecule is CCCCCc1ccc(-c2ccc(-c3ccc(-c4cc(F)c(/C=C/C(F)(F)Oc5cc(F)c(F)c(F)c5)c(F)c4)c(F)c3)c(F)c2)cc1. The van der Waals surface area contributed by atoms with E-state index in [4.69, 9.17) is 0 Å². The van der Waals surface area contributed by atoms with Crippen LogP contribution in [-0.2, 0) is 6.42 Å². The highest BCUT2D eigenvalue weighted by molar-refractivity contribution is 5.75. The fraction of sp³-hybridized carbons (Fsp3) is 0.158. The Morgan fingerprint density at radius 3 is 1.67 bits per heavy atom. The van der Waals surface area contributed by atoms with Crippen molar-refractivity contribution in [2.75, 3.05) is 0 Å². The van der Waals surface area contributed by atoms with Gasteiger partial charge in [-0.15, -0.1) is 0 Å². The van der Waals surface area contributed by atoms with E-state index >= 15 is 8.78 Å². The molecular weight excluding hydrogens is 643 g/mol. The molecule has 0 aliphatic carbocycles. The lowest BCUT2D eigenvalue weighted by atomic mass is 9.96. The Balaban J connectivity index is 1.32. The standard InChI is InChI=1S/C38H27F9O/c1-2-3-4-5-22-6-8-23(9-7-22)24-10-12-28(31(39)16-24)25-11-13-29(32(40)17-25)26-18-33(41)30(34(42)19-26)14-15-38(46,47)48-27-20-35(43)37(45)36(44)21-27/h6-21H,2-5H2,1H3/b15-14+. The van der Waals surface area contributed by atoms with Crippen LogP contribution in [0.25, 0.3) is 39.5 Å². The predicted octanol–water partition coefficient (Wildman–Crippen LogP) is 12.1. The molecule has 0 N–H and O–H groups in total. The van der Waals surface area contributed by atoms with Gasteiger partial charge in [-0.3, -0.25) is 0 Å². The molecule has 0 fully saturated rings. The van der Waals surface area contributed by atoms with E-state index in [1.807, 2.05) is 24.3 Å². The van der Waals surface area contributed by atoms with Crippen molar-refractivity contribution >= 4 is 6.08 Å². The quantitative estimate of drug-likeness (QED) is 0.0772. The molecule has 5 rings (SSSR count). The third-order valence-electron chi connectivity index (χ3n) is 7.65. The maximum absolute atomic E-state index is 15.2. The maximum Gasteiger partial charge on any atom is 0.419 e. The van der Waals surface area contributed by atoms with Gasteiger partial charge in [-0.05, 0) is 71.0 Å². The Kier molecular flexibility index (Phi) is 10.3. The van der Waals surface area contributed by atoms with E-state index in [1.165, 1.54) is 29.8 Å². The molecule has 0 aliphatic heterocycles. The second-order valence-corrected chi connectivity index (χ2v) is 11.1. The van der Waals surface area contributed by atoms with Gasteiger partial charge in [-0.25, -0.2) is 30.7 Å². The van der Waals surface area contributed by atoms with Crippen LogP contribution in [0, 0.1) is 40.7 Å². The van der Waals surface area contributed by atoms with Crippen LogP contribution in [0.15, 0.2) is 91.0 Å². The minimum atomic E-state index is -4.32. The molecule has 0 spiro atoms. The minimum Gasteiger partial charge on any atom is -0.429 e. The van der Waals surface area contributed by atoms with Crippen molar-refractivity contribution in [3.8, 4) is 39.1 Å². The summed E-state index contributed by atoms with van der Waals surface area (Å²) in [6.45, 7) is 2.14. The van der Waals surface area contributed by atoms with Crippen molar-refractivity contribution in [1.82, 2.24) is 0 Å². The van der Waals surface area contributed by atoms with Crippen molar-refractivity contribution in [2.24, 2.45) is 0 Å². The molecule has 0 saturated carbocycles. The molecule has 0 aliphatic rings. The molecule has 0 bridgehead atoms. The summed E-state index contributed by atoms with van der Waals surface area (Å²) >= 11 is 0. The zero-order valence-corrected chi connectivity index (χ0v) is 25.4. The number of unbranched alkanes of at least 4 members (excludes halogenated alkanes) is 2. The molecule has 5 aromatic carbocycles.